The number of nitrogens with two attached hydrogens (primary N) is 1. The Bertz CT molecular complexity index is 418. The lowest BCUT2D eigenvalue weighted by Crippen LogP contribution is -2.46. The molecule has 0 radical (unpaired) electrons. The summed E-state index contributed by atoms with van der Waals surface area (Å²) in [5.74, 6) is 2.10. The molecule has 0 aromatic carbocycles. The van der Waals surface area contributed by atoms with Crippen molar-refractivity contribution in [2.24, 2.45) is 17.1 Å². The number of hydrogen-bond donors (Lipinski definition) is 1. The zero-order valence-electron chi connectivity index (χ0n) is 12.0. The Morgan fingerprint density at radius 1 is 1.37 bits per heavy atom. The van der Waals surface area contributed by atoms with Crippen molar-refractivity contribution in [3.8, 4) is 0 Å². The lowest BCUT2D eigenvalue weighted by Gasteiger charge is -2.43. The third kappa shape index (κ3) is 2.70. The number of rotatable bonds is 3. The highest BCUT2D eigenvalue weighted by Crippen LogP contribution is 2.39. The maximum Gasteiger partial charge on any atom is 0.122 e. The van der Waals surface area contributed by atoms with E-state index in [1.807, 2.05) is 6.20 Å². The van der Waals surface area contributed by atoms with Crippen molar-refractivity contribution in [1.29, 1.82) is 0 Å². The van der Waals surface area contributed by atoms with Crippen LogP contribution in [0.25, 0.3) is 0 Å². The van der Waals surface area contributed by atoms with E-state index in [1.54, 1.807) is 0 Å². The quantitative estimate of drug-likeness (QED) is 0.904. The highest BCUT2D eigenvalue weighted by atomic mass is 15.2. The van der Waals surface area contributed by atoms with Gasteiger partial charge < -0.3 is 10.3 Å². The van der Waals surface area contributed by atoms with Gasteiger partial charge in [-0.2, -0.15) is 0 Å². The van der Waals surface area contributed by atoms with E-state index in [-0.39, 0.29) is 0 Å². The van der Waals surface area contributed by atoms with Gasteiger partial charge in [0.25, 0.3) is 0 Å². The highest BCUT2D eigenvalue weighted by molar-refractivity contribution is 4.97. The average Bonchev–Trinajstić information content (AvgIpc) is 2.89. The largest absolute Gasteiger partial charge is 0.333 e. The lowest BCUT2D eigenvalue weighted by atomic mass is 9.70. The van der Waals surface area contributed by atoms with Gasteiger partial charge in [0, 0.05) is 32.0 Å². The smallest absolute Gasteiger partial charge is 0.122 e. The van der Waals surface area contributed by atoms with E-state index in [0.29, 0.717) is 5.41 Å². The molecule has 106 valence electrons. The van der Waals surface area contributed by atoms with Crippen molar-refractivity contribution in [3.63, 3.8) is 0 Å². The first-order valence-electron chi connectivity index (χ1n) is 7.63. The number of hydrogen-bond acceptors (Lipinski definition) is 3. The molecule has 2 aliphatic rings. The molecule has 0 amide bonds. The molecular formula is C15H26N4. The molecule has 0 saturated heterocycles. The Balaban J connectivity index is 1.64. The molecular weight excluding hydrogens is 236 g/mol. The van der Waals surface area contributed by atoms with Crippen LogP contribution in [0.3, 0.4) is 0 Å². The van der Waals surface area contributed by atoms with E-state index in [4.69, 9.17) is 5.73 Å². The van der Waals surface area contributed by atoms with Crippen LogP contribution in [0, 0.1) is 11.3 Å². The zero-order chi connectivity index (χ0) is 13.3. The predicted octanol–water partition coefficient (Wildman–Crippen LogP) is 1.85. The highest BCUT2D eigenvalue weighted by Gasteiger charge is 2.35. The Morgan fingerprint density at radius 2 is 2.16 bits per heavy atom. The molecule has 0 bridgehead atoms. The standard InChI is InChI=1S/C15H26N4/c1-13-2-4-15(11-16,5-3-13)12-18-8-9-19-7-6-17-14(19)10-18/h6-7,13H,2-5,8-12,16H2,1H3. The maximum atomic E-state index is 6.13. The van der Waals surface area contributed by atoms with E-state index in [0.717, 1.165) is 38.6 Å². The number of nitrogens with zero attached hydrogens (tertiary/aromatic N) is 3. The van der Waals surface area contributed by atoms with Crippen LogP contribution < -0.4 is 5.73 Å². The molecule has 1 aromatic rings. The van der Waals surface area contributed by atoms with E-state index in [9.17, 15) is 0 Å². The molecule has 2 heterocycles. The molecule has 0 atom stereocenters. The first-order chi connectivity index (χ1) is 9.21. The molecule has 2 N–H and O–H groups in total. The second-order valence-corrected chi connectivity index (χ2v) is 6.63. The van der Waals surface area contributed by atoms with Crippen LogP contribution in [0.4, 0.5) is 0 Å². The first-order valence-corrected chi connectivity index (χ1v) is 7.63. The van der Waals surface area contributed by atoms with Gasteiger partial charge in [-0.15, -0.1) is 0 Å². The number of imidazole rings is 1. The Labute approximate surface area is 116 Å². The van der Waals surface area contributed by atoms with Crippen molar-refractivity contribution in [3.05, 3.63) is 18.2 Å². The van der Waals surface area contributed by atoms with Crippen molar-refractivity contribution in [1.82, 2.24) is 14.5 Å². The van der Waals surface area contributed by atoms with Crippen LogP contribution in [0.15, 0.2) is 12.4 Å². The topological polar surface area (TPSA) is 47.1 Å². The summed E-state index contributed by atoms with van der Waals surface area (Å²) < 4.78 is 2.27. The molecule has 1 aromatic heterocycles. The maximum absolute atomic E-state index is 6.13. The summed E-state index contributed by atoms with van der Waals surface area (Å²) >= 11 is 0. The van der Waals surface area contributed by atoms with Gasteiger partial charge in [-0.3, -0.25) is 4.90 Å². The number of aromatic nitrogens is 2. The SMILES string of the molecule is CC1CCC(CN)(CN2CCn3ccnc3C2)CC1. The van der Waals surface area contributed by atoms with E-state index in [1.165, 1.54) is 31.5 Å². The van der Waals surface area contributed by atoms with Gasteiger partial charge in [0.2, 0.25) is 0 Å². The minimum absolute atomic E-state index is 0.362. The molecule has 4 heteroatoms. The van der Waals surface area contributed by atoms with Crippen LogP contribution in [0.1, 0.15) is 38.4 Å². The van der Waals surface area contributed by atoms with Gasteiger partial charge in [0.05, 0.1) is 6.54 Å². The summed E-state index contributed by atoms with van der Waals surface area (Å²) in [5.41, 5.74) is 6.49. The fraction of sp³-hybridized carbons (Fsp3) is 0.800. The fourth-order valence-corrected chi connectivity index (χ4v) is 3.63. The van der Waals surface area contributed by atoms with Crippen LogP contribution in [0.2, 0.25) is 0 Å². The van der Waals surface area contributed by atoms with E-state index >= 15 is 0 Å². The molecule has 19 heavy (non-hydrogen) atoms. The summed E-state index contributed by atoms with van der Waals surface area (Å²) in [6.07, 6.45) is 9.30. The van der Waals surface area contributed by atoms with Crippen LogP contribution in [-0.2, 0) is 13.1 Å². The average molecular weight is 262 g/mol. The van der Waals surface area contributed by atoms with Crippen molar-refractivity contribution >= 4 is 0 Å². The van der Waals surface area contributed by atoms with E-state index in [2.05, 4.69) is 27.6 Å². The number of fused-ring (bicyclic) bond motifs is 1. The minimum atomic E-state index is 0.362. The second-order valence-electron chi connectivity index (χ2n) is 6.63. The molecule has 1 fully saturated rings. The molecule has 4 nitrogen and oxygen atoms in total. The summed E-state index contributed by atoms with van der Waals surface area (Å²) in [7, 11) is 0. The molecule has 1 saturated carbocycles. The minimum Gasteiger partial charge on any atom is -0.333 e. The zero-order valence-corrected chi connectivity index (χ0v) is 12.0. The molecule has 1 aliphatic carbocycles. The molecule has 1 aliphatic heterocycles. The normalized spacial score (nSPS) is 32.2. The molecule has 0 spiro atoms. The molecule has 0 unspecified atom stereocenters. The fourth-order valence-electron chi connectivity index (χ4n) is 3.63. The van der Waals surface area contributed by atoms with Crippen LogP contribution >= 0.6 is 0 Å². The monoisotopic (exact) mass is 262 g/mol. The summed E-state index contributed by atoms with van der Waals surface area (Å²) in [5, 5.41) is 0. The van der Waals surface area contributed by atoms with Gasteiger partial charge >= 0.3 is 0 Å². The van der Waals surface area contributed by atoms with Gasteiger partial charge in [-0.25, -0.2) is 4.98 Å². The van der Waals surface area contributed by atoms with Gasteiger partial charge in [-0.05, 0) is 30.7 Å². The van der Waals surface area contributed by atoms with Crippen molar-refractivity contribution < 1.29 is 0 Å². The lowest BCUT2D eigenvalue weighted by molar-refractivity contribution is 0.0786. The van der Waals surface area contributed by atoms with Crippen molar-refractivity contribution in [2.45, 2.75) is 45.7 Å². The first kappa shape index (κ1) is 13.1. The van der Waals surface area contributed by atoms with E-state index < -0.39 is 0 Å². The second kappa shape index (κ2) is 5.25. The van der Waals surface area contributed by atoms with Crippen LogP contribution in [0.5, 0.6) is 0 Å². The van der Waals surface area contributed by atoms with Gasteiger partial charge in [0.1, 0.15) is 5.82 Å². The summed E-state index contributed by atoms with van der Waals surface area (Å²) in [4.78, 5) is 7.01. The van der Waals surface area contributed by atoms with Gasteiger partial charge in [-0.1, -0.05) is 19.8 Å². The Morgan fingerprint density at radius 3 is 2.89 bits per heavy atom. The third-order valence-corrected chi connectivity index (χ3v) is 5.15. The Hall–Kier alpha value is -0.870. The third-order valence-electron chi connectivity index (χ3n) is 5.15. The van der Waals surface area contributed by atoms with Crippen molar-refractivity contribution in [2.75, 3.05) is 19.6 Å². The summed E-state index contributed by atoms with van der Waals surface area (Å²) in [6.45, 7) is 7.57. The molecule has 3 rings (SSSR count). The van der Waals surface area contributed by atoms with Crippen LogP contribution in [-0.4, -0.2) is 34.1 Å². The Kier molecular flexibility index (Phi) is 3.63. The summed E-state index contributed by atoms with van der Waals surface area (Å²) in [6, 6.07) is 0. The predicted molar refractivity (Wildman–Crippen MR) is 76.6 cm³/mol. The van der Waals surface area contributed by atoms with Gasteiger partial charge in [0.15, 0.2) is 0 Å².